The van der Waals surface area contributed by atoms with Crippen LogP contribution in [-0.2, 0) is 4.79 Å². The van der Waals surface area contributed by atoms with Gasteiger partial charge >= 0.3 is 0 Å². The zero-order valence-corrected chi connectivity index (χ0v) is 6.96. The maximum atomic E-state index is 10.2. The van der Waals surface area contributed by atoms with Crippen molar-refractivity contribution in [3.8, 4) is 0 Å². The third-order valence-corrected chi connectivity index (χ3v) is 2.62. The first-order valence-corrected chi connectivity index (χ1v) is 4.54. The Hall–Kier alpha value is -0.370. The quantitative estimate of drug-likeness (QED) is 0.627. The normalized spacial score (nSPS) is 23.0. The summed E-state index contributed by atoms with van der Waals surface area (Å²) in [5, 5.41) is 0. The average molecular weight is 155 g/mol. The number of rotatable bonds is 3. The molecule has 0 aliphatic heterocycles. The van der Waals surface area contributed by atoms with Crippen LogP contribution in [0.5, 0.6) is 0 Å². The van der Waals surface area contributed by atoms with Crippen molar-refractivity contribution in [1.82, 2.24) is 0 Å². The lowest BCUT2D eigenvalue weighted by Gasteiger charge is -2.25. The number of carbonyl (C=O) groups is 1. The van der Waals surface area contributed by atoms with E-state index in [4.69, 9.17) is 5.73 Å². The van der Waals surface area contributed by atoms with Crippen LogP contribution in [-0.4, -0.2) is 12.3 Å². The Morgan fingerprint density at radius 2 is 2.00 bits per heavy atom. The van der Waals surface area contributed by atoms with Crippen molar-refractivity contribution in [1.29, 1.82) is 0 Å². The SMILES string of the molecule is NC(CC=O)C1CCCCC1. The van der Waals surface area contributed by atoms with Crippen LogP contribution < -0.4 is 5.73 Å². The van der Waals surface area contributed by atoms with E-state index in [-0.39, 0.29) is 6.04 Å². The minimum Gasteiger partial charge on any atom is -0.327 e. The molecule has 1 unspecified atom stereocenters. The Balaban J connectivity index is 2.26. The van der Waals surface area contributed by atoms with Crippen LogP contribution in [0.4, 0.5) is 0 Å². The molecule has 0 spiro atoms. The van der Waals surface area contributed by atoms with E-state index in [0.29, 0.717) is 12.3 Å². The van der Waals surface area contributed by atoms with Gasteiger partial charge in [-0.2, -0.15) is 0 Å². The minimum absolute atomic E-state index is 0.132. The van der Waals surface area contributed by atoms with Gasteiger partial charge in [-0.15, -0.1) is 0 Å². The highest BCUT2D eigenvalue weighted by atomic mass is 16.1. The second kappa shape index (κ2) is 4.50. The molecule has 2 N–H and O–H groups in total. The second-order valence-corrected chi connectivity index (χ2v) is 3.46. The summed E-state index contributed by atoms with van der Waals surface area (Å²) in [5.41, 5.74) is 5.83. The summed E-state index contributed by atoms with van der Waals surface area (Å²) in [6, 6.07) is 0.132. The molecule has 0 radical (unpaired) electrons. The van der Waals surface area contributed by atoms with Gasteiger partial charge in [-0.1, -0.05) is 19.3 Å². The van der Waals surface area contributed by atoms with Crippen molar-refractivity contribution in [2.75, 3.05) is 0 Å². The fraction of sp³-hybridized carbons (Fsp3) is 0.889. The van der Waals surface area contributed by atoms with Gasteiger partial charge in [0.15, 0.2) is 0 Å². The van der Waals surface area contributed by atoms with Gasteiger partial charge in [0.05, 0.1) is 0 Å². The van der Waals surface area contributed by atoms with Crippen molar-refractivity contribution < 1.29 is 4.79 Å². The van der Waals surface area contributed by atoms with Crippen molar-refractivity contribution in [2.24, 2.45) is 11.7 Å². The summed E-state index contributed by atoms with van der Waals surface area (Å²) >= 11 is 0. The molecule has 1 rings (SSSR count). The van der Waals surface area contributed by atoms with E-state index in [1.54, 1.807) is 0 Å². The van der Waals surface area contributed by atoms with E-state index in [1.165, 1.54) is 32.1 Å². The highest BCUT2D eigenvalue weighted by Gasteiger charge is 2.19. The fourth-order valence-corrected chi connectivity index (χ4v) is 1.87. The highest BCUT2D eigenvalue weighted by Crippen LogP contribution is 2.26. The van der Waals surface area contributed by atoms with Crippen molar-refractivity contribution in [3.63, 3.8) is 0 Å². The van der Waals surface area contributed by atoms with Crippen LogP contribution in [0.25, 0.3) is 0 Å². The Bertz CT molecular complexity index is 119. The molecule has 0 aromatic rings. The molecule has 1 aliphatic carbocycles. The van der Waals surface area contributed by atoms with Gasteiger partial charge in [0.2, 0.25) is 0 Å². The van der Waals surface area contributed by atoms with Gasteiger partial charge in [0, 0.05) is 12.5 Å². The molecule has 0 saturated heterocycles. The number of nitrogens with two attached hydrogens (primary N) is 1. The monoisotopic (exact) mass is 155 g/mol. The lowest BCUT2D eigenvalue weighted by Crippen LogP contribution is -2.31. The lowest BCUT2D eigenvalue weighted by atomic mass is 9.83. The van der Waals surface area contributed by atoms with Gasteiger partial charge in [-0.05, 0) is 18.8 Å². The number of carbonyl (C=O) groups excluding carboxylic acids is 1. The molecule has 1 fully saturated rings. The van der Waals surface area contributed by atoms with E-state index in [0.717, 1.165) is 6.29 Å². The first-order valence-electron chi connectivity index (χ1n) is 4.54. The van der Waals surface area contributed by atoms with E-state index in [9.17, 15) is 4.79 Å². The zero-order chi connectivity index (χ0) is 8.10. The molecular formula is C9H17NO. The van der Waals surface area contributed by atoms with Crippen LogP contribution in [0, 0.1) is 5.92 Å². The summed E-state index contributed by atoms with van der Waals surface area (Å²) in [4.78, 5) is 10.2. The van der Waals surface area contributed by atoms with Crippen molar-refractivity contribution in [3.05, 3.63) is 0 Å². The first-order chi connectivity index (χ1) is 5.34. The third-order valence-electron chi connectivity index (χ3n) is 2.62. The van der Waals surface area contributed by atoms with Gasteiger partial charge < -0.3 is 10.5 Å². The molecular weight excluding hydrogens is 138 g/mol. The number of hydrogen-bond acceptors (Lipinski definition) is 2. The molecule has 0 amide bonds. The third kappa shape index (κ3) is 2.62. The number of hydrogen-bond donors (Lipinski definition) is 1. The van der Waals surface area contributed by atoms with Crippen LogP contribution in [0.1, 0.15) is 38.5 Å². The first kappa shape index (κ1) is 8.72. The molecule has 1 saturated carbocycles. The lowest BCUT2D eigenvalue weighted by molar-refractivity contribution is -0.108. The summed E-state index contributed by atoms with van der Waals surface area (Å²) in [5.74, 6) is 0.619. The minimum atomic E-state index is 0.132. The molecule has 1 aliphatic rings. The van der Waals surface area contributed by atoms with Gasteiger partial charge in [-0.25, -0.2) is 0 Å². The highest BCUT2D eigenvalue weighted by molar-refractivity contribution is 5.50. The molecule has 0 aromatic heterocycles. The predicted octanol–water partition coefficient (Wildman–Crippen LogP) is 1.48. The van der Waals surface area contributed by atoms with Crippen LogP contribution in [0.15, 0.2) is 0 Å². The Labute approximate surface area is 68.2 Å². The number of aldehydes is 1. The maximum absolute atomic E-state index is 10.2. The maximum Gasteiger partial charge on any atom is 0.121 e. The Kier molecular flexibility index (Phi) is 3.57. The molecule has 0 heterocycles. The fourth-order valence-electron chi connectivity index (χ4n) is 1.87. The standard InChI is InChI=1S/C9H17NO/c10-9(6-7-11)8-4-2-1-3-5-8/h7-9H,1-6,10H2. The van der Waals surface area contributed by atoms with E-state index >= 15 is 0 Å². The molecule has 0 bridgehead atoms. The van der Waals surface area contributed by atoms with E-state index < -0.39 is 0 Å². The van der Waals surface area contributed by atoms with Crippen LogP contribution in [0.2, 0.25) is 0 Å². The largest absolute Gasteiger partial charge is 0.327 e. The van der Waals surface area contributed by atoms with Crippen LogP contribution in [0.3, 0.4) is 0 Å². The Morgan fingerprint density at radius 1 is 1.36 bits per heavy atom. The molecule has 0 aromatic carbocycles. The summed E-state index contributed by atoms with van der Waals surface area (Å²) in [7, 11) is 0. The summed E-state index contributed by atoms with van der Waals surface area (Å²) in [6.07, 6.45) is 7.91. The predicted molar refractivity (Wildman–Crippen MR) is 45.2 cm³/mol. The molecule has 2 nitrogen and oxygen atoms in total. The van der Waals surface area contributed by atoms with Gasteiger partial charge in [0.25, 0.3) is 0 Å². The van der Waals surface area contributed by atoms with Crippen molar-refractivity contribution in [2.45, 2.75) is 44.6 Å². The molecule has 1 atom stereocenters. The van der Waals surface area contributed by atoms with Gasteiger partial charge in [0.1, 0.15) is 6.29 Å². The molecule has 11 heavy (non-hydrogen) atoms. The van der Waals surface area contributed by atoms with Crippen molar-refractivity contribution >= 4 is 6.29 Å². The Morgan fingerprint density at radius 3 is 2.55 bits per heavy atom. The topological polar surface area (TPSA) is 43.1 Å². The summed E-state index contributed by atoms with van der Waals surface area (Å²) in [6.45, 7) is 0. The molecule has 2 heteroatoms. The summed E-state index contributed by atoms with van der Waals surface area (Å²) < 4.78 is 0. The molecule has 64 valence electrons. The van der Waals surface area contributed by atoms with E-state index in [1.807, 2.05) is 0 Å². The smallest absolute Gasteiger partial charge is 0.121 e. The zero-order valence-electron chi connectivity index (χ0n) is 6.96. The second-order valence-electron chi connectivity index (χ2n) is 3.46. The van der Waals surface area contributed by atoms with Crippen LogP contribution >= 0.6 is 0 Å². The van der Waals surface area contributed by atoms with Gasteiger partial charge in [-0.3, -0.25) is 0 Å². The van der Waals surface area contributed by atoms with E-state index in [2.05, 4.69) is 0 Å². The average Bonchev–Trinajstić information content (AvgIpc) is 2.07.